The van der Waals surface area contributed by atoms with Crippen molar-refractivity contribution in [3.05, 3.63) is 0 Å². The Balaban J connectivity index is 2.36. The van der Waals surface area contributed by atoms with Crippen LogP contribution in [-0.4, -0.2) is 51.8 Å². The van der Waals surface area contributed by atoms with Gasteiger partial charge in [-0.2, -0.15) is 0 Å². The molecule has 1 atom stereocenters. The van der Waals surface area contributed by atoms with Crippen LogP contribution in [0.5, 0.6) is 0 Å². The quantitative estimate of drug-likeness (QED) is 0.692. The van der Waals surface area contributed by atoms with Crippen LogP contribution in [0.4, 0.5) is 0 Å². The lowest BCUT2D eigenvalue weighted by Crippen LogP contribution is -2.43. The van der Waals surface area contributed by atoms with Crippen molar-refractivity contribution in [1.29, 1.82) is 0 Å². The van der Waals surface area contributed by atoms with Crippen LogP contribution in [0.1, 0.15) is 26.2 Å². The van der Waals surface area contributed by atoms with E-state index in [0.717, 1.165) is 26.3 Å². The Labute approximate surface area is 94.2 Å². The first-order valence-corrected chi connectivity index (χ1v) is 6.13. The third-order valence-electron chi connectivity index (χ3n) is 3.24. The van der Waals surface area contributed by atoms with E-state index in [0.29, 0.717) is 5.41 Å². The fraction of sp³-hybridized carbons (Fsp3) is 1.00. The molecule has 3 nitrogen and oxygen atoms in total. The zero-order valence-electron chi connectivity index (χ0n) is 10.5. The van der Waals surface area contributed by atoms with E-state index in [1.54, 1.807) is 0 Å². The van der Waals surface area contributed by atoms with E-state index in [2.05, 4.69) is 24.2 Å². The third kappa shape index (κ3) is 4.09. The van der Waals surface area contributed by atoms with E-state index in [4.69, 9.17) is 4.74 Å². The molecular formula is C12H26N2O. The van der Waals surface area contributed by atoms with Crippen LogP contribution >= 0.6 is 0 Å². The Morgan fingerprint density at radius 3 is 2.80 bits per heavy atom. The standard InChI is InChI=1S/C12H26N2O/c1-4-5-7-14(3)10-12(9-13-2)6-8-15-11-12/h13H,4-11H2,1-3H3. The van der Waals surface area contributed by atoms with Gasteiger partial charge in [0.2, 0.25) is 0 Å². The molecule has 3 heteroatoms. The van der Waals surface area contributed by atoms with Gasteiger partial charge in [0.1, 0.15) is 0 Å². The third-order valence-corrected chi connectivity index (χ3v) is 3.24. The van der Waals surface area contributed by atoms with Gasteiger partial charge < -0.3 is 15.0 Å². The highest BCUT2D eigenvalue weighted by Crippen LogP contribution is 2.28. The van der Waals surface area contributed by atoms with Crippen LogP contribution in [0.25, 0.3) is 0 Å². The predicted molar refractivity (Wildman–Crippen MR) is 64.2 cm³/mol. The molecule has 0 amide bonds. The van der Waals surface area contributed by atoms with Crippen LogP contribution in [0, 0.1) is 5.41 Å². The van der Waals surface area contributed by atoms with Gasteiger partial charge in [0, 0.05) is 25.1 Å². The van der Waals surface area contributed by atoms with Crippen molar-refractivity contribution in [1.82, 2.24) is 10.2 Å². The minimum absolute atomic E-state index is 0.358. The molecule has 15 heavy (non-hydrogen) atoms. The average molecular weight is 214 g/mol. The van der Waals surface area contributed by atoms with Gasteiger partial charge >= 0.3 is 0 Å². The van der Waals surface area contributed by atoms with Crippen LogP contribution in [0.2, 0.25) is 0 Å². The van der Waals surface area contributed by atoms with E-state index in [-0.39, 0.29) is 0 Å². The van der Waals surface area contributed by atoms with Gasteiger partial charge in [-0.25, -0.2) is 0 Å². The maximum Gasteiger partial charge on any atom is 0.0547 e. The molecule has 0 aromatic rings. The first-order valence-electron chi connectivity index (χ1n) is 6.13. The second kappa shape index (κ2) is 6.46. The molecule has 0 saturated carbocycles. The molecule has 1 fully saturated rings. The first-order chi connectivity index (χ1) is 7.22. The summed E-state index contributed by atoms with van der Waals surface area (Å²) in [5.74, 6) is 0. The minimum Gasteiger partial charge on any atom is -0.381 e. The zero-order valence-corrected chi connectivity index (χ0v) is 10.5. The van der Waals surface area contributed by atoms with Crippen molar-refractivity contribution < 1.29 is 4.74 Å². The monoisotopic (exact) mass is 214 g/mol. The number of hydrogen-bond acceptors (Lipinski definition) is 3. The molecule has 0 spiro atoms. The van der Waals surface area contributed by atoms with Gasteiger partial charge in [0.15, 0.2) is 0 Å². The fourth-order valence-electron chi connectivity index (χ4n) is 2.42. The summed E-state index contributed by atoms with van der Waals surface area (Å²) >= 11 is 0. The van der Waals surface area contributed by atoms with Crippen LogP contribution < -0.4 is 5.32 Å². The summed E-state index contributed by atoms with van der Waals surface area (Å²) in [7, 11) is 4.26. The summed E-state index contributed by atoms with van der Waals surface area (Å²) < 4.78 is 5.55. The van der Waals surface area contributed by atoms with Crippen molar-refractivity contribution in [3.63, 3.8) is 0 Å². The summed E-state index contributed by atoms with van der Waals surface area (Å²) in [6, 6.07) is 0. The normalized spacial score (nSPS) is 26.4. The second-order valence-electron chi connectivity index (χ2n) is 4.92. The van der Waals surface area contributed by atoms with E-state index in [1.165, 1.54) is 25.8 Å². The molecule has 1 rings (SSSR count). The SMILES string of the molecule is CCCCN(C)CC1(CNC)CCOC1. The zero-order chi connectivity index (χ0) is 11.1. The Bertz CT molecular complexity index is 167. The molecule has 1 aliphatic rings. The Hall–Kier alpha value is -0.120. The summed E-state index contributed by atoms with van der Waals surface area (Å²) in [4.78, 5) is 2.45. The maximum atomic E-state index is 5.55. The van der Waals surface area contributed by atoms with Crippen LogP contribution in [0.15, 0.2) is 0 Å². The van der Waals surface area contributed by atoms with Gasteiger partial charge in [-0.05, 0) is 33.5 Å². The van der Waals surface area contributed by atoms with Crippen molar-refractivity contribution in [2.24, 2.45) is 5.41 Å². The molecule has 90 valence electrons. The second-order valence-corrected chi connectivity index (χ2v) is 4.92. The molecule has 1 saturated heterocycles. The summed E-state index contributed by atoms with van der Waals surface area (Å²) in [5.41, 5.74) is 0.358. The largest absolute Gasteiger partial charge is 0.381 e. The molecule has 0 aromatic carbocycles. The van der Waals surface area contributed by atoms with Crippen molar-refractivity contribution in [3.8, 4) is 0 Å². The van der Waals surface area contributed by atoms with Crippen molar-refractivity contribution >= 4 is 0 Å². The summed E-state index contributed by atoms with van der Waals surface area (Å²) in [6.07, 6.45) is 3.77. The lowest BCUT2D eigenvalue weighted by Gasteiger charge is -2.32. The Kier molecular flexibility index (Phi) is 5.58. The molecule has 1 N–H and O–H groups in total. The molecule has 0 aromatic heterocycles. The minimum atomic E-state index is 0.358. The lowest BCUT2D eigenvalue weighted by molar-refractivity contribution is 0.120. The van der Waals surface area contributed by atoms with Gasteiger partial charge in [-0.15, -0.1) is 0 Å². The molecule has 0 bridgehead atoms. The van der Waals surface area contributed by atoms with Crippen molar-refractivity contribution in [2.75, 3.05) is 46.9 Å². The number of nitrogens with zero attached hydrogens (tertiary/aromatic N) is 1. The smallest absolute Gasteiger partial charge is 0.0547 e. The number of rotatable bonds is 7. The van der Waals surface area contributed by atoms with E-state index >= 15 is 0 Å². The molecule has 1 heterocycles. The van der Waals surface area contributed by atoms with Crippen molar-refractivity contribution in [2.45, 2.75) is 26.2 Å². The Morgan fingerprint density at radius 2 is 2.27 bits per heavy atom. The molecule has 0 aliphatic carbocycles. The summed E-state index contributed by atoms with van der Waals surface area (Å²) in [5, 5.41) is 3.31. The highest BCUT2D eigenvalue weighted by molar-refractivity contribution is 4.87. The van der Waals surface area contributed by atoms with E-state index in [1.807, 2.05) is 7.05 Å². The topological polar surface area (TPSA) is 24.5 Å². The lowest BCUT2D eigenvalue weighted by atomic mass is 9.86. The van der Waals surface area contributed by atoms with E-state index in [9.17, 15) is 0 Å². The Morgan fingerprint density at radius 1 is 1.47 bits per heavy atom. The molecule has 1 aliphatic heterocycles. The van der Waals surface area contributed by atoms with Gasteiger partial charge in [-0.3, -0.25) is 0 Å². The maximum absolute atomic E-state index is 5.55. The number of nitrogens with one attached hydrogen (secondary N) is 1. The highest BCUT2D eigenvalue weighted by Gasteiger charge is 2.35. The number of hydrogen-bond donors (Lipinski definition) is 1. The molecular weight excluding hydrogens is 188 g/mol. The van der Waals surface area contributed by atoms with Crippen LogP contribution in [0.3, 0.4) is 0 Å². The predicted octanol–water partition coefficient (Wildman–Crippen LogP) is 1.34. The average Bonchev–Trinajstić information content (AvgIpc) is 2.64. The highest BCUT2D eigenvalue weighted by atomic mass is 16.5. The molecule has 1 unspecified atom stereocenters. The van der Waals surface area contributed by atoms with Crippen LogP contribution in [-0.2, 0) is 4.74 Å². The first kappa shape index (κ1) is 12.9. The fourth-order valence-corrected chi connectivity index (χ4v) is 2.42. The molecule has 0 radical (unpaired) electrons. The number of unbranched alkanes of at least 4 members (excludes halogenated alkanes) is 1. The summed E-state index contributed by atoms with van der Waals surface area (Å²) in [6.45, 7) is 7.54. The van der Waals surface area contributed by atoms with E-state index < -0.39 is 0 Å². The van der Waals surface area contributed by atoms with Gasteiger partial charge in [0.25, 0.3) is 0 Å². The number of ether oxygens (including phenoxy) is 1. The van der Waals surface area contributed by atoms with Gasteiger partial charge in [-0.1, -0.05) is 13.3 Å². The van der Waals surface area contributed by atoms with Gasteiger partial charge in [0.05, 0.1) is 6.61 Å².